The molecule has 0 aliphatic heterocycles. The number of nitro groups is 1. The molecule has 0 aliphatic carbocycles. The summed E-state index contributed by atoms with van der Waals surface area (Å²) in [6.07, 6.45) is -0.907. The second-order valence-electron chi connectivity index (χ2n) is 3.16. The first kappa shape index (κ1) is 11.9. The molecule has 0 spiro atoms. The van der Waals surface area contributed by atoms with Gasteiger partial charge in [-0.05, 0) is 5.56 Å². The van der Waals surface area contributed by atoms with E-state index in [1.54, 1.807) is 30.3 Å². The summed E-state index contributed by atoms with van der Waals surface area (Å²) in [5.41, 5.74) is 0.760. The smallest absolute Gasteiger partial charge is 0.295 e. The van der Waals surface area contributed by atoms with E-state index in [-0.39, 0.29) is 6.42 Å². The van der Waals surface area contributed by atoms with Gasteiger partial charge in [0, 0.05) is 11.3 Å². The number of nitrogens with zero attached hydrogens (tertiary/aromatic N) is 2. The number of benzene rings is 1. The van der Waals surface area contributed by atoms with Crippen LogP contribution in [0.1, 0.15) is 5.56 Å². The fourth-order valence-corrected chi connectivity index (χ4v) is 1.30. The fraction of sp³-hybridized carbons (Fsp3) is 0.333. The minimum absolute atomic E-state index is 0.142. The molecule has 1 atom stereocenters. The topological polar surface area (TPSA) is 95.5 Å². The summed E-state index contributed by atoms with van der Waals surface area (Å²) in [6, 6.07) is 8.77. The molecule has 7 nitrogen and oxygen atoms in total. The van der Waals surface area contributed by atoms with Crippen molar-refractivity contribution in [2.75, 3.05) is 6.54 Å². The predicted molar refractivity (Wildman–Crippen MR) is 53.9 cm³/mol. The van der Waals surface area contributed by atoms with Crippen LogP contribution >= 0.6 is 0 Å². The Morgan fingerprint density at radius 3 is 2.31 bits per heavy atom. The Balaban J connectivity index is 2.63. The zero-order chi connectivity index (χ0) is 12.0. The molecule has 0 heterocycles. The quantitative estimate of drug-likeness (QED) is 0.534. The number of hydrogen-bond donors (Lipinski definition) is 0. The van der Waals surface area contributed by atoms with E-state index in [1.165, 1.54) is 0 Å². The first-order valence-corrected chi connectivity index (χ1v) is 4.55. The van der Waals surface area contributed by atoms with Crippen molar-refractivity contribution >= 4 is 0 Å². The molecule has 1 rings (SSSR count). The van der Waals surface area contributed by atoms with Crippen LogP contribution in [-0.4, -0.2) is 22.7 Å². The highest BCUT2D eigenvalue weighted by molar-refractivity contribution is 5.15. The molecule has 0 saturated heterocycles. The second kappa shape index (κ2) is 5.64. The third kappa shape index (κ3) is 4.36. The highest BCUT2D eigenvalue weighted by Crippen LogP contribution is 2.06. The molecule has 16 heavy (non-hydrogen) atoms. The maximum absolute atomic E-state index is 10.3. The Morgan fingerprint density at radius 1 is 1.19 bits per heavy atom. The third-order valence-corrected chi connectivity index (χ3v) is 1.89. The van der Waals surface area contributed by atoms with Gasteiger partial charge in [0.15, 0.2) is 6.10 Å². The van der Waals surface area contributed by atoms with E-state index in [4.69, 9.17) is 0 Å². The van der Waals surface area contributed by atoms with Gasteiger partial charge in [0.05, 0.1) is 0 Å². The summed E-state index contributed by atoms with van der Waals surface area (Å²) in [5.74, 6) is 0. The Bertz CT molecular complexity index is 351. The van der Waals surface area contributed by atoms with Gasteiger partial charge in [-0.3, -0.25) is 10.1 Å². The van der Waals surface area contributed by atoms with Gasteiger partial charge >= 0.3 is 0 Å². The Morgan fingerprint density at radius 2 is 1.81 bits per heavy atom. The minimum Gasteiger partial charge on any atom is -0.303 e. The van der Waals surface area contributed by atoms with E-state index in [0.29, 0.717) is 0 Å². The molecule has 1 unspecified atom stereocenters. The van der Waals surface area contributed by atoms with Crippen molar-refractivity contribution < 1.29 is 14.8 Å². The largest absolute Gasteiger partial charge is 0.303 e. The summed E-state index contributed by atoms with van der Waals surface area (Å²) in [6.45, 7) is -0.587. The third-order valence-electron chi connectivity index (χ3n) is 1.89. The fourth-order valence-electron chi connectivity index (χ4n) is 1.30. The molecule has 1 aromatic rings. The molecule has 0 bridgehead atoms. The normalized spacial score (nSPS) is 11.8. The zero-order valence-electron chi connectivity index (χ0n) is 8.31. The first-order valence-electron chi connectivity index (χ1n) is 4.55. The van der Waals surface area contributed by atoms with Crippen LogP contribution in [0.15, 0.2) is 30.3 Å². The molecular weight excluding hydrogens is 216 g/mol. The van der Waals surface area contributed by atoms with E-state index in [2.05, 4.69) is 4.84 Å². The van der Waals surface area contributed by atoms with Crippen LogP contribution in [0.4, 0.5) is 0 Å². The Kier molecular flexibility index (Phi) is 4.19. The van der Waals surface area contributed by atoms with Gasteiger partial charge < -0.3 is 4.84 Å². The number of hydrogen-bond acceptors (Lipinski definition) is 5. The van der Waals surface area contributed by atoms with Crippen LogP contribution < -0.4 is 0 Å². The minimum atomic E-state index is -1.05. The van der Waals surface area contributed by atoms with Gasteiger partial charge in [0.1, 0.15) is 0 Å². The summed E-state index contributed by atoms with van der Waals surface area (Å²) in [5, 5.41) is 19.4. The van der Waals surface area contributed by atoms with Gasteiger partial charge in [-0.15, -0.1) is 10.1 Å². The average Bonchev–Trinajstić information content (AvgIpc) is 2.16. The van der Waals surface area contributed by atoms with Crippen molar-refractivity contribution in [1.29, 1.82) is 0 Å². The van der Waals surface area contributed by atoms with Crippen molar-refractivity contribution in [2.24, 2.45) is 0 Å². The van der Waals surface area contributed by atoms with Gasteiger partial charge in [-0.1, -0.05) is 30.3 Å². The Labute approximate surface area is 90.9 Å². The van der Waals surface area contributed by atoms with Crippen LogP contribution in [0.2, 0.25) is 0 Å². The summed E-state index contributed by atoms with van der Waals surface area (Å²) in [7, 11) is 0. The average molecular weight is 226 g/mol. The van der Waals surface area contributed by atoms with Crippen LogP contribution in [0.5, 0.6) is 0 Å². The molecule has 0 aromatic heterocycles. The monoisotopic (exact) mass is 226 g/mol. The number of rotatable bonds is 6. The highest BCUT2D eigenvalue weighted by atomic mass is 17.0. The van der Waals surface area contributed by atoms with Crippen LogP contribution in [0, 0.1) is 20.2 Å². The van der Waals surface area contributed by atoms with Gasteiger partial charge in [-0.25, -0.2) is 0 Å². The lowest BCUT2D eigenvalue weighted by Crippen LogP contribution is -2.28. The standard InChI is InChI=1S/C9H10N2O5/c12-10(13)7-9(16-11(14)15)6-8-4-2-1-3-5-8/h1-5,9H,6-7H2. The molecule has 0 aliphatic rings. The van der Waals surface area contributed by atoms with E-state index in [1.807, 2.05) is 0 Å². The molecular formula is C9H10N2O5. The molecule has 1 aromatic carbocycles. The SMILES string of the molecule is O=[N+]([O-])CC(Cc1ccccc1)O[N+](=O)[O-]. The molecule has 86 valence electrons. The molecule has 0 N–H and O–H groups in total. The van der Waals surface area contributed by atoms with Crippen molar-refractivity contribution in [1.82, 2.24) is 0 Å². The van der Waals surface area contributed by atoms with E-state index < -0.39 is 22.7 Å². The predicted octanol–water partition coefficient (Wildman–Crippen LogP) is 1.08. The van der Waals surface area contributed by atoms with Crippen molar-refractivity contribution in [3.63, 3.8) is 0 Å². The maximum Gasteiger partial charge on any atom is 0.295 e. The first-order chi connectivity index (χ1) is 7.58. The molecule has 7 heteroatoms. The lowest BCUT2D eigenvalue weighted by atomic mass is 10.1. The summed E-state index contributed by atoms with van der Waals surface area (Å²) in [4.78, 5) is 24.0. The van der Waals surface area contributed by atoms with E-state index in [0.717, 1.165) is 5.56 Å². The van der Waals surface area contributed by atoms with Crippen LogP contribution in [0.25, 0.3) is 0 Å². The Hall–Kier alpha value is -2.18. The molecule has 0 fully saturated rings. The maximum atomic E-state index is 10.3. The van der Waals surface area contributed by atoms with Crippen molar-refractivity contribution in [3.05, 3.63) is 56.1 Å². The van der Waals surface area contributed by atoms with Gasteiger partial charge in [-0.2, -0.15) is 0 Å². The molecule has 0 saturated carbocycles. The summed E-state index contributed by atoms with van der Waals surface area (Å²) >= 11 is 0. The molecule has 0 radical (unpaired) electrons. The highest BCUT2D eigenvalue weighted by Gasteiger charge is 2.19. The second-order valence-corrected chi connectivity index (χ2v) is 3.16. The van der Waals surface area contributed by atoms with Crippen molar-refractivity contribution in [2.45, 2.75) is 12.5 Å². The zero-order valence-corrected chi connectivity index (χ0v) is 8.31. The van der Waals surface area contributed by atoms with E-state index in [9.17, 15) is 20.2 Å². The van der Waals surface area contributed by atoms with Crippen LogP contribution in [-0.2, 0) is 11.3 Å². The van der Waals surface area contributed by atoms with Crippen molar-refractivity contribution in [3.8, 4) is 0 Å². The molecule has 0 amide bonds. The lowest BCUT2D eigenvalue weighted by Gasteiger charge is -2.10. The van der Waals surface area contributed by atoms with Gasteiger partial charge in [0.2, 0.25) is 6.54 Å². The van der Waals surface area contributed by atoms with E-state index >= 15 is 0 Å². The summed E-state index contributed by atoms with van der Waals surface area (Å²) < 4.78 is 0. The van der Waals surface area contributed by atoms with Crippen LogP contribution in [0.3, 0.4) is 0 Å². The van der Waals surface area contributed by atoms with Gasteiger partial charge in [0.25, 0.3) is 5.09 Å². The lowest BCUT2D eigenvalue weighted by molar-refractivity contribution is -0.774.